The van der Waals surface area contributed by atoms with Gasteiger partial charge >= 0.3 is 0 Å². The number of nitrogens with zero attached hydrogens (tertiary/aromatic N) is 1. The molecule has 0 aliphatic heterocycles. The van der Waals surface area contributed by atoms with E-state index in [0.717, 1.165) is 5.69 Å². The van der Waals surface area contributed by atoms with Gasteiger partial charge in [-0.1, -0.05) is 55.9 Å². The molecular formula is C24H32NSi+. The summed E-state index contributed by atoms with van der Waals surface area (Å²) in [5.74, 6) is 0. The van der Waals surface area contributed by atoms with E-state index in [2.05, 4.69) is 78.0 Å². The monoisotopic (exact) mass is 363 g/mol. The fraction of sp³-hybridized carbons (Fsp3) is 0.375. The smallest absolute Gasteiger partial charge is 0.200 e. The molecule has 0 atom stereocenters. The Bertz CT molecular complexity index is 1030. The Morgan fingerprint density at radius 1 is 1.00 bits per heavy atom. The average molecular weight is 364 g/mol. The molecule has 3 aromatic rings. The molecule has 2 heteroatoms. The molecule has 0 saturated carbocycles. The Balaban J connectivity index is 2.36. The lowest BCUT2D eigenvalue weighted by Crippen LogP contribution is -2.44. The first-order valence-electron chi connectivity index (χ1n) is 10.1. The van der Waals surface area contributed by atoms with E-state index in [1.807, 2.05) is 17.7 Å². The number of pyridine rings is 1. The fourth-order valence-corrected chi connectivity index (χ4v) is 5.36. The van der Waals surface area contributed by atoms with Gasteiger partial charge in [0.25, 0.3) is 0 Å². The molecule has 0 saturated heterocycles. The van der Waals surface area contributed by atoms with Crippen molar-refractivity contribution in [1.82, 2.24) is 0 Å². The lowest BCUT2D eigenvalue weighted by atomic mass is 9.94. The zero-order valence-corrected chi connectivity index (χ0v) is 18.5. The third-order valence-corrected chi connectivity index (χ3v) is 11.0. The topological polar surface area (TPSA) is 3.88 Å². The van der Waals surface area contributed by atoms with Gasteiger partial charge in [0.2, 0.25) is 5.69 Å². The van der Waals surface area contributed by atoms with Gasteiger partial charge in [0.1, 0.15) is 8.42 Å². The molecule has 0 aliphatic rings. The van der Waals surface area contributed by atoms with E-state index in [-0.39, 0.29) is 0 Å². The van der Waals surface area contributed by atoms with Crippen LogP contribution in [0.15, 0.2) is 42.6 Å². The molecule has 0 unspecified atom stereocenters. The number of benzene rings is 2. The molecule has 0 fully saturated rings. The summed E-state index contributed by atoms with van der Waals surface area (Å²) in [4.78, 5) is 0. The summed E-state index contributed by atoms with van der Waals surface area (Å²) in [5.41, 5.74) is 6.94. The van der Waals surface area contributed by atoms with Crippen LogP contribution >= 0.6 is 0 Å². The molecular weight excluding hydrogens is 330 g/mol. The van der Waals surface area contributed by atoms with Crippen LogP contribution in [-0.4, -0.2) is 8.07 Å². The highest BCUT2D eigenvalue weighted by Crippen LogP contribution is 2.31. The molecule has 136 valence electrons. The van der Waals surface area contributed by atoms with Crippen LogP contribution < -0.4 is 9.75 Å². The molecule has 0 amide bonds. The van der Waals surface area contributed by atoms with E-state index in [0.29, 0.717) is 11.7 Å². The minimum absolute atomic E-state index is 0.553. The van der Waals surface area contributed by atoms with Crippen molar-refractivity contribution >= 4 is 24.0 Å². The zero-order valence-electron chi connectivity index (χ0n) is 18.5. The first-order chi connectivity index (χ1) is 12.5. The Hall–Kier alpha value is -1.93. The second-order valence-corrected chi connectivity index (χ2v) is 13.8. The summed E-state index contributed by atoms with van der Waals surface area (Å²) in [6.45, 7) is 16.1. The van der Waals surface area contributed by atoms with Crippen molar-refractivity contribution in [2.75, 3.05) is 0 Å². The first-order valence-corrected chi connectivity index (χ1v) is 12.6. The predicted molar refractivity (Wildman–Crippen MR) is 117 cm³/mol. The normalized spacial score (nSPS) is 12.7. The van der Waals surface area contributed by atoms with Crippen molar-refractivity contribution in [3.05, 3.63) is 59.3 Å². The van der Waals surface area contributed by atoms with Crippen LogP contribution in [0.1, 0.15) is 31.9 Å². The Morgan fingerprint density at radius 3 is 2.35 bits per heavy atom. The summed E-state index contributed by atoms with van der Waals surface area (Å²) in [6.07, 6.45) is 0.553. The summed E-state index contributed by atoms with van der Waals surface area (Å²) in [7, 11) is 0.510. The van der Waals surface area contributed by atoms with Crippen molar-refractivity contribution < 1.29 is 5.94 Å². The van der Waals surface area contributed by atoms with E-state index < -0.39 is 8.07 Å². The quantitative estimate of drug-likeness (QED) is 0.422. The van der Waals surface area contributed by atoms with E-state index in [1.165, 1.54) is 38.2 Å². The maximum absolute atomic E-state index is 8.55. The molecule has 0 bridgehead atoms. The maximum Gasteiger partial charge on any atom is 0.220 e. The van der Waals surface area contributed by atoms with Crippen LogP contribution in [-0.2, 0) is 7.05 Å². The molecule has 0 radical (unpaired) electrons. The van der Waals surface area contributed by atoms with Crippen molar-refractivity contribution in [3.63, 3.8) is 0 Å². The van der Waals surface area contributed by atoms with Crippen molar-refractivity contribution in [2.24, 2.45) is 7.05 Å². The number of hydrogen-bond donors (Lipinski definition) is 0. The molecule has 1 aromatic heterocycles. The first kappa shape index (κ1) is 17.5. The van der Waals surface area contributed by atoms with E-state index >= 15 is 0 Å². The summed E-state index contributed by atoms with van der Waals surface area (Å²) < 4.78 is 10.6. The third kappa shape index (κ3) is 3.12. The molecule has 26 heavy (non-hydrogen) atoms. The fourth-order valence-electron chi connectivity index (χ4n) is 3.66. The molecule has 0 N–H and O–H groups in total. The van der Waals surface area contributed by atoms with Gasteiger partial charge in [-0.15, -0.1) is 0 Å². The van der Waals surface area contributed by atoms with Crippen LogP contribution in [0, 0.1) is 20.8 Å². The Morgan fingerprint density at radius 2 is 1.69 bits per heavy atom. The van der Waals surface area contributed by atoms with E-state index in [4.69, 9.17) is 1.37 Å². The van der Waals surface area contributed by atoms with Crippen LogP contribution in [0.3, 0.4) is 0 Å². The summed E-state index contributed by atoms with van der Waals surface area (Å²) in [5, 5.41) is 3.89. The molecule has 0 aliphatic carbocycles. The van der Waals surface area contributed by atoms with E-state index in [1.54, 1.807) is 0 Å². The lowest BCUT2D eigenvalue weighted by molar-refractivity contribution is -0.659. The molecule has 0 spiro atoms. The average Bonchev–Trinajstić information content (AvgIpc) is 2.59. The second kappa shape index (κ2) is 6.66. The maximum atomic E-state index is 8.55. The summed E-state index contributed by atoms with van der Waals surface area (Å²) in [6, 6.07) is 13.5. The standard InChI is InChI=1S/C24H32NSi/c1-16(2)26(7,8)21-9-10-22-20(15-21)11-12-25(6)24(22)23-14-17(3)13-18(4)19(23)5/h9-16H,1-8H3/q+1/i12D. The van der Waals surface area contributed by atoms with Crippen LogP contribution in [0.25, 0.3) is 22.0 Å². The molecule has 1 heterocycles. The Kier molecular flexibility index (Phi) is 4.48. The number of fused-ring (bicyclic) bond motifs is 1. The van der Waals surface area contributed by atoms with Crippen molar-refractivity contribution in [1.29, 1.82) is 0 Å². The molecule has 1 nitrogen and oxygen atoms in total. The SMILES string of the molecule is [2H]c1cc2cc([Si](C)(C)C(C)C)ccc2c(-c2cc(C)cc(C)c2C)[n+]1C. The minimum atomic E-state index is -1.50. The van der Waals surface area contributed by atoms with E-state index in [9.17, 15) is 0 Å². The third-order valence-electron chi connectivity index (χ3n) is 6.31. The van der Waals surface area contributed by atoms with Gasteiger partial charge in [0.05, 0.1) is 19.0 Å². The molecule has 3 rings (SSSR count). The zero-order chi connectivity index (χ0) is 20.1. The Labute approximate surface area is 161 Å². The second-order valence-electron chi connectivity index (χ2n) is 8.61. The molecule has 2 aromatic carbocycles. The van der Waals surface area contributed by atoms with Crippen LogP contribution in [0.5, 0.6) is 0 Å². The highest BCUT2D eigenvalue weighted by atomic mass is 28.3. The predicted octanol–water partition coefficient (Wildman–Crippen LogP) is 5.58. The lowest BCUT2D eigenvalue weighted by Gasteiger charge is -2.27. The van der Waals surface area contributed by atoms with Gasteiger partial charge < -0.3 is 0 Å². The van der Waals surface area contributed by atoms with Gasteiger partial charge in [-0.2, -0.15) is 0 Å². The number of hydrogen-bond acceptors (Lipinski definition) is 0. The van der Waals surface area contributed by atoms with Crippen LogP contribution in [0.2, 0.25) is 18.6 Å². The highest BCUT2D eigenvalue weighted by molar-refractivity contribution is 6.91. The summed E-state index contributed by atoms with van der Waals surface area (Å²) >= 11 is 0. The minimum Gasteiger partial charge on any atom is -0.200 e. The largest absolute Gasteiger partial charge is 0.220 e. The van der Waals surface area contributed by atoms with Gasteiger partial charge in [-0.05, 0) is 55.0 Å². The van der Waals surface area contributed by atoms with Crippen molar-refractivity contribution in [2.45, 2.75) is 53.3 Å². The van der Waals surface area contributed by atoms with Crippen molar-refractivity contribution in [3.8, 4) is 11.3 Å². The van der Waals surface area contributed by atoms with Gasteiger partial charge in [0.15, 0.2) is 6.17 Å². The van der Waals surface area contributed by atoms with Crippen LogP contribution in [0.4, 0.5) is 0 Å². The number of aryl methyl sites for hydroxylation is 2. The van der Waals surface area contributed by atoms with Gasteiger partial charge in [-0.25, -0.2) is 4.57 Å². The highest BCUT2D eigenvalue weighted by Gasteiger charge is 2.28. The number of rotatable bonds is 3. The number of aromatic nitrogens is 1. The van der Waals surface area contributed by atoms with Gasteiger partial charge in [0, 0.05) is 6.07 Å². The van der Waals surface area contributed by atoms with Gasteiger partial charge in [-0.3, -0.25) is 0 Å².